The Bertz CT molecular complexity index is 1210. The van der Waals surface area contributed by atoms with Crippen LogP contribution in [0.15, 0.2) is 20.0 Å². The van der Waals surface area contributed by atoms with E-state index in [4.69, 9.17) is 44.3 Å². The van der Waals surface area contributed by atoms with Crippen molar-refractivity contribution in [2.24, 2.45) is 54.4 Å². The number of alkyl halides is 3. The van der Waals surface area contributed by atoms with E-state index in [9.17, 15) is 18.0 Å². The van der Waals surface area contributed by atoms with E-state index in [2.05, 4.69) is 40.4 Å². The summed E-state index contributed by atoms with van der Waals surface area (Å²) in [6.07, 6.45) is 21.8. The van der Waals surface area contributed by atoms with Gasteiger partial charge >= 0.3 is 18.2 Å². The fourth-order valence-electron chi connectivity index (χ4n) is 6.82. The second-order valence-electron chi connectivity index (χ2n) is 17.2. The molecule has 0 saturated carbocycles. The molecule has 0 rings (SSSR count). The number of unbranched alkanes of at least 4 members (excludes halogenated alkanes) is 20. The molecule has 0 radical (unpaired) electrons. The predicted octanol–water partition coefficient (Wildman–Crippen LogP) is 6.88. The van der Waals surface area contributed by atoms with Crippen molar-refractivity contribution in [1.82, 2.24) is 20.4 Å². The number of hydrogen-bond acceptors (Lipinski definition) is 6. The molecule has 0 unspecified atom stereocenters. The lowest BCUT2D eigenvalue weighted by atomic mass is 10.1. The van der Waals surface area contributed by atoms with Crippen molar-refractivity contribution in [3.8, 4) is 0 Å². The third-order valence-electron chi connectivity index (χ3n) is 10.2. The SMILES string of the molecule is CC(C)N=C(N)NCCCCCCCCN(CCCCCCCCN=C(N)N)C(=O)N(CCCCCCCCN=C(N)N)CCCCCCCCNC(N)=NC(C)C.O=C(O)C(F)(F)F. The topological polar surface area (TPSA) is 290 Å². The molecule has 0 fully saturated rings. The summed E-state index contributed by atoms with van der Waals surface area (Å²) in [6, 6.07) is 0.634. The van der Waals surface area contributed by atoms with Gasteiger partial charge in [0.15, 0.2) is 23.8 Å². The Kier molecular flexibility index (Phi) is 40.8. The minimum Gasteiger partial charge on any atom is -0.475 e. The van der Waals surface area contributed by atoms with Crippen molar-refractivity contribution in [1.29, 1.82) is 0 Å². The molecule has 15 N–H and O–H groups in total. The number of guanidine groups is 4. The first-order chi connectivity index (χ1) is 30.9. The van der Waals surface area contributed by atoms with Crippen molar-refractivity contribution in [3.05, 3.63) is 0 Å². The molecule has 2 amide bonds. The summed E-state index contributed by atoms with van der Waals surface area (Å²) in [5.41, 5.74) is 33.7. The van der Waals surface area contributed by atoms with Crippen LogP contribution in [0.2, 0.25) is 0 Å². The van der Waals surface area contributed by atoms with Gasteiger partial charge < -0.3 is 59.9 Å². The van der Waals surface area contributed by atoms with Crippen LogP contribution in [0.1, 0.15) is 182 Å². The summed E-state index contributed by atoms with van der Waals surface area (Å²) >= 11 is 0. The van der Waals surface area contributed by atoms with E-state index in [0.717, 1.165) is 142 Å². The van der Waals surface area contributed by atoms with Crippen LogP contribution >= 0.6 is 0 Å². The molecule has 17 nitrogen and oxygen atoms in total. The predicted molar refractivity (Wildman–Crippen MR) is 264 cm³/mol. The number of aliphatic imine (C=N–C) groups is 4. The van der Waals surface area contributed by atoms with Crippen LogP contribution < -0.4 is 45.0 Å². The van der Waals surface area contributed by atoms with E-state index in [1.807, 2.05) is 27.7 Å². The molecule has 65 heavy (non-hydrogen) atoms. The number of nitrogens with one attached hydrogen (secondary N) is 2. The highest BCUT2D eigenvalue weighted by Crippen LogP contribution is 2.15. The second-order valence-corrected chi connectivity index (χ2v) is 17.2. The zero-order valence-corrected chi connectivity index (χ0v) is 40.8. The molecule has 0 heterocycles. The van der Waals surface area contributed by atoms with E-state index in [1.54, 1.807) is 0 Å². The third-order valence-corrected chi connectivity index (χ3v) is 10.2. The van der Waals surface area contributed by atoms with Crippen molar-refractivity contribution in [3.63, 3.8) is 0 Å². The van der Waals surface area contributed by atoms with Crippen molar-refractivity contribution >= 4 is 35.8 Å². The van der Waals surface area contributed by atoms with Crippen molar-refractivity contribution in [2.75, 3.05) is 52.4 Å². The van der Waals surface area contributed by atoms with Crippen LogP contribution in [0.5, 0.6) is 0 Å². The highest BCUT2D eigenvalue weighted by Gasteiger charge is 2.38. The zero-order valence-electron chi connectivity index (χ0n) is 40.8. The summed E-state index contributed by atoms with van der Waals surface area (Å²) in [5.74, 6) is -1.36. The fourth-order valence-corrected chi connectivity index (χ4v) is 6.82. The van der Waals surface area contributed by atoms with Gasteiger partial charge in [-0.15, -0.1) is 0 Å². The molecule has 0 aliphatic carbocycles. The largest absolute Gasteiger partial charge is 0.490 e. The van der Waals surface area contributed by atoms with E-state index in [-0.39, 0.29) is 30.0 Å². The Morgan fingerprint density at radius 2 is 0.723 bits per heavy atom. The quantitative estimate of drug-likeness (QED) is 0.0175. The van der Waals surface area contributed by atoms with Gasteiger partial charge in [0.25, 0.3) is 0 Å². The summed E-state index contributed by atoms with van der Waals surface area (Å²) in [5, 5.41) is 13.6. The molecule has 0 aliphatic rings. The number of nitrogens with zero attached hydrogens (tertiary/aromatic N) is 6. The van der Waals surface area contributed by atoms with Crippen LogP contribution in [0.3, 0.4) is 0 Å². The molecule has 382 valence electrons. The highest BCUT2D eigenvalue weighted by atomic mass is 19.4. The number of halogens is 3. The van der Waals surface area contributed by atoms with Gasteiger partial charge in [0, 0.05) is 64.4 Å². The zero-order chi connectivity index (χ0) is 49.1. The number of urea groups is 1. The lowest BCUT2D eigenvalue weighted by Crippen LogP contribution is -2.45. The maximum absolute atomic E-state index is 14.3. The highest BCUT2D eigenvalue weighted by molar-refractivity contribution is 5.78. The van der Waals surface area contributed by atoms with Crippen molar-refractivity contribution < 1.29 is 27.9 Å². The van der Waals surface area contributed by atoms with Crippen LogP contribution in [-0.2, 0) is 4.79 Å². The first-order valence-corrected chi connectivity index (χ1v) is 24.5. The van der Waals surface area contributed by atoms with Crippen LogP contribution in [-0.4, -0.2) is 121 Å². The summed E-state index contributed by atoms with van der Waals surface area (Å²) in [4.78, 5) is 44.4. The molecule has 0 aromatic heterocycles. The van der Waals surface area contributed by atoms with Gasteiger partial charge in [-0.05, 0) is 79.1 Å². The Balaban J connectivity index is 0. The number of nitrogens with two attached hydrogens (primary N) is 6. The number of amides is 2. The Morgan fingerprint density at radius 1 is 0.477 bits per heavy atom. The molecule has 0 bridgehead atoms. The maximum Gasteiger partial charge on any atom is 0.490 e. The van der Waals surface area contributed by atoms with E-state index >= 15 is 0 Å². The Labute approximate surface area is 390 Å². The molecule has 0 aromatic rings. The lowest BCUT2D eigenvalue weighted by molar-refractivity contribution is -0.192. The molecule has 0 spiro atoms. The monoisotopic (exact) mass is 935 g/mol. The number of carbonyl (C=O) groups excluding carboxylic acids is 1. The number of aliphatic carboxylic acids is 1. The number of carboxylic acids is 1. The van der Waals surface area contributed by atoms with Crippen LogP contribution in [0.25, 0.3) is 0 Å². The third kappa shape index (κ3) is 46.0. The molecular weight excluding hydrogens is 842 g/mol. The van der Waals surface area contributed by atoms with E-state index in [0.29, 0.717) is 25.0 Å². The number of rotatable bonds is 38. The van der Waals surface area contributed by atoms with Gasteiger partial charge in [-0.2, -0.15) is 13.2 Å². The summed E-state index contributed by atoms with van der Waals surface area (Å²) in [7, 11) is 0. The molecule has 0 atom stereocenters. The molecule has 0 saturated heterocycles. The second kappa shape index (κ2) is 42.3. The molecule has 20 heteroatoms. The normalized spacial score (nSPS) is 11.8. The van der Waals surface area contributed by atoms with Crippen LogP contribution in [0, 0.1) is 0 Å². The first-order valence-electron chi connectivity index (χ1n) is 24.5. The van der Waals surface area contributed by atoms with Gasteiger partial charge in [-0.3, -0.25) is 20.0 Å². The smallest absolute Gasteiger partial charge is 0.475 e. The molecule has 0 aliphatic heterocycles. The fraction of sp³-hybridized carbons (Fsp3) is 0.867. The Hall–Kier alpha value is -4.39. The van der Waals surface area contributed by atoms with Gasteiger partial charge in [0.1, 0.15) is 0 Å². The number of hydrogen-bond donors (Lipinski definition) is 9. The molecule has 0 aromatic carbocycles. The van der Waals surface area contributed by atoms with Gasteiger partial charge in [-0.25, -0.2) is 9.59 Å². The average Bonchev–Trinajstić information content (AvgIpc) is 3.21. The summed E-state index contributed by atoms with van der Waals surface area (Å²) in [6.45, 7) is 14.5. The van der Waals surface area contributed by atoms with E-state index in [1.165, 1.54) is 51.4 Å². The minimum atomic E-state index is -5.08. The van der Waals surface area contributed by atoms with Gasteiger partial charge in [0.05, 0.1) is 0 Å². The standard InChI is InChI=1S/C43H92N14O.C2HF3O2/c1-37(2)54-41(48)52-31-23-15-7-11-19-27-35-56(33-25-17-9-5-13-21-29-50-39(44)45)43(58)57(34-26-18-10-6-14-22-30-51-40(46)47)36-28-20-12-8-16-24-32-53-42(49)55-38(3)4;3-2(4,5)1(6)7/h37-38H,5-36H2,1-4H3,(H4,44,45,50)(H4,46,47,51)(H3,48,52,54)(H3,49,53,55);(H,6,7). The number of carbonyl (C=O) groups is 2. The molecular formula is C45H93F3N14O3. The van der Waals surface area contributed by atoms with Crippen molar-refractivity contribution in [2.45, 2.75) is 200 Å². The van der Waals surface area contributed by atoms with E-state index < -0.39 is 12.1 Å². The number of carboxylic acid groups (broad SMARTS) is 1. The van der Waals surface area contributed by atoms with Gasteiger partial charge in [0.2, 0.25) is 0 Å². The summed E-state index contributed by atoms with van der Waals surface area (Å²) < 4.78 is 31.7. The van der Waals surface area contributed by atoms with Gasteiger partial charge in [-0.1, -0.05) is 103 Å². The average molecular weight is 935 g/mol. The minimum absolute atomic E-state index is 0.166. The first kappa shape index (κ1) is 62.7. The lowest BCUT2D eigenvalue weighted by Gasteiger charge is -2.31. The maximum atomic E-state index is 14.3. The Morgan fingerprint density at radius 3 is 0.969 bits per heavy atom. The van der Waals surface area contributed by atoms with Crippen LogP contribution in [0.4, 0.5) is 18.0 Å².